The van der Waals surface area contributed by atoms with E-state index >= 15 is 0 Å². The van der Waals surface area contributed by atoms with Crippen LogP contribution in [-0.2, 0) is 0 Å². The molecule has 0 spiro atoms. The topological polar surface area (TPSA) is 0 Å². The molecule has 0 aliphatic heterocycles. The van der Waals surface area contributed by atoms with Crippen LogP contribution in [0, 0.1) is 5.92 Å². The summed E-state index contributed by atoms with van der Waals surface area (Å²) in [4.78, 5) is 0. The van der Waals surface area contributed by atoms with E-state index in [0.717, 1.165) is 5.92 Å². The fourth-order valence-corrected chi connectivity index (χ4v) is 0.927. The molecule has 0 aromatic rings. The van der Waals surface area contributed by atoms with Gasteiger partial charge in [-0.05, 0) is 11.3 Å². The van der Waals surface area contributed by atoms with E-state index < -0.39 is 0 Å². The van der Waals surface area contributed by atoms with Crippen LogP contribution in [0.1, 0.15) is 34.6 Å². The molecule has 0 heterocycles. The quantitative estimate of drug-likeness (QED) is 0.577. The van der Waals surface area contributed by atoms with Crippen LogP contribution in [0.5, 0.6) is 0 Å². The lowest BCUT2D eigenvalue weighted by molar-refractivity contribution is 0.644. The van der Waals surface area contributed by atoms with Gasteiger partial charge < -0.3 is 0 Å². The summed E-state index contributed by atoms with van der Waals surface area (Å²) in [6, 6.07) is 0. The minimum absolute atomic E-state index is 0.715. The minimum Gasteiger partial charge on any atom is -0.131 e. The van der Waals surface area contributed by atoms with Crippen LogP contribution < -0.4 is 0 Å². The number of rotatable bonds is 3. The van der Waals surface area contributed by atoms with Crippen molar-refractivity contribution >= 4 is 11.8 Å². The van der Waals surface area contributed by atoms with Crippen LogP contribution in [0.2, 0.25) is 0 Å². The highest BCUT2D eigenvalue weighted by Crippen LogP contribution is 2.18. The molecule has 0 saturated heterocycles. The molecule has 0 aliphatic carbocycles. The zero-order valence-corrected chi connectivity index (χ0v) is 10.1. The van der Waals surface area contributed by atoms with Crippen LogP contribution in [0.3, 0.4) is 0 Å². The highest BCUT2D eigenvalue weighted by Gasteiger charge is 2.03. The second-order valence-electron chi connectivity index (χ2n) is 2.25. The Morgan fingerprint density at radius 1 is 1.08 bits per heavy atom. The fraction of sp³-hybridized carbons (Fsp3) is 0.636. The van der Waals surface area contributed by atoms with Gasteiger partial charge >= 0.3 is 0 Å². The van der Waals surface area contributed by atoms with Gasteiger partial charge in [0.15, 0.2) is 0 Å². The Morgan fingerprint density at radius 3 is 1.50 bits per heavy atom. The molecular weight excluding hydrogens is 164 g/mol. The minimum atomic E-state index is 0.715. The molecular formula is C11H24S. The molecule has 0 N–H and O–H groups in total. The average molecular weight is 188 g/mol. The molecule has 0 aromatic heterocycles. The van der Waals surface area contributed by atoms with Gasteiger partial charge in [-0.1, -0.05) is 41.2 Å². The smallest absolute Gasteiger partial charge is 0.00829 e. The van der Waals surface area contributed by atoms with E-state index in [1.165, 1.54) is 0 Å². The Kier molecular flexibility index (Phi) is 25.3. The summed E-state index contributed by atoms with van der Waals surface area (Å²) in [7, 11) is 0. The van der Waals surface area contributed by atoms with Gasteiger partial charge in [-0.25, -0.2) is 0 Å². The molecule has 0 rings (SSSR count). The molecule has 0 aromatic carbocycles. The Bertz CT molecular complexity index is 77.1. The number of thioether (sulfide) groups is 1. The molecule has 0 radical (unpaired) electrons. The molecule has 0 saturated carbocycles. The Morgan fingerprint density at radius 2 is 1.42 bits per heavy atom. The molecule has 74 valence electrons. The van der Waals surface area contributed by atoms with E-state index in [4.69, 9.17) is 0 Å². The molecule has 0 amide bonds. The zero-order valence-electron chi connectivity index (χ0n) is 9.26. The molecule has 1 heteroatoms. The number of hydrogen-bond donors (Lipinski definition) is 0. The monoisotopic (exact) mass is 188 g/mol. The first-order valence-electron chi connectivity index (χ1n) is 4.45. The second kappa shape index (κ2) is 17.1. The van der Waals surface area contributed by atoms with Crippen molar-refractivity contribution in [2.45, 2.75) is 39.9 Å². The third-order valence-corrected chi connectivity index (χ3v) is 2.42. The summed E-state index contributed by atoms with van der Waals surface area (Å²) in [6.07, 6.45) is 0. The van der Waals surface area contributed by atoms with Crippen LogP contribution in [-0.4, -0.2) is 5.25 Å². The first-order valence-corrected chi connectivity index (χ1v) is 5.39. The summed E-state index contributed by atoms with van der Waals surface area (Å²) >= 11 is 1.80. The van der Waals surface area contributed by atoms with E-state index in [0.29, 0.717) is 5.25 Å². The maximum absolute atomic E-state index is 3.65. The van der Waals surface area contributed by atoms with Gasteiger partial charge in [0, 0.05) is 5.25 Å². The molecule has 0 aliphatic rings. The summed E-state index contributed by atoms with van der Waals surface area (Å²) in [5, 5.41) is 2.62. The van der Waals surface area contributed by atoms with Gasteiger partial charge in [0.05, 0.1) is 0 Å². The predicted octanol–water partition coefficient (Wildman–Crippen LogP) is 4.74. The van der Waals surface area contributed by atoms with Gasteiger partial charge in [0.2, 0.25) is 0 Å². The van der Waals surface area contributed by atoms with E-state index in [-0.39, 0.29) is 0 Å². The van der Waals surface area contributed by atoms with Crippen molar-refractivity contribution in [3.8, 4) is 0 Å². The van der Waals surface area contributed by atoms with E-state index in [9.17, 15) is 0 Å². The lowest BCUT2D eigenvalue weighted by atomic mass is 10.2. The van der Waals surface area contributed by atoms with Crippen LogP contribution >= 0.6 is 11.8 Å². The predicted molar refractivity (Wildman–Crippen MR) is 64.7 cm³/mol. The average Bonchev–Trinajstić information content (AvgIpc) is 2.12. The van der Waals surface area contributed by atoms with Crippen molar-refractivity contribution in [2.24, 2.45) is 5.92 Å². The third-order valence-electron chi connectivity index (χ3n) is 1.25. The standard InChI is InChI=1S/C7H14S.C2H6.C2H4/c1-5-8-7(4)6(2)3;2*1-2/h5-7H,1H2,2-4H3;1-2H3;1-2H2. The molecule has 0 nitrogen and oxygen atoms in total. The first-order chi connectivity index (χ1) is 5.68. The molecule has 12 heavy (non-hydrogen) atoms. The first kappa shape index (κ1) is 17.8. The summed E-state index contributed by atoms with van der Waals surface area (Å²) in [5.41, 5.74) is 0. The van der Waals surface area contributed by atoms with E-state index in [1.54, 1.807) is 11.8 Å². The SMILES string of the molecule is C=C.C=CSC(C)C(C)C.CC. The molecule has 0 bridgehead atoms. The summed E-state index contributed by atoms with van der Waals surface area (Å²) in [6.45, 7) is 20.3. The van der Waals surface area contributed by atoms with Crippen LogP contribution in [0.4, 0.5) is 0 Å². The molecule has 1 atom stereocenters. The van der Waals surface area contributed by atoms with Gasteiger partial charge in [0.1, 0.15) is 0 Å². The van der Waals surface area contributed by atoms with Crippen LogP contribution in [0.15, 0.2) is 25.1 Å². The maximum atomic E-state index is 3.65. The highest BCUT2D eigenvalue weighted by molar-refractivity contribution is 8.02. The van der Waals surface area contributed by atoms with Crippen molar-refractivity contribution < 1.29 is 0 Å². The van der Waals surface area contributed by atoms with Crippen molar-refractivity contribution in [1.29, 1.82) is 0 Å². The second-order valence-corrected chi connectivity index (χ2v) is 3.60. The van der Waals surface area contributed by atoms with Gasteiger partial charge in [-0.15, -0.1) is 24.9 Å². The lowest BCUT2D eigenvalue weighted by Crippen LogP contribution is -2.03. The number of hydrogen-bond acceptors (Lipinski definition) is 1. The third kappa shape index (κ3) is 16.4. The summed E-state index contributed by atoms with van der Waals surface area (Å²) in [5.74, 6) is 0.762. The highest BCUT2D eigenvalue weighted by atomic mass is 32.2. The fourth-order valence-electron chi connectivity index (χ4n) is 0.309. The Labute approximate surface area is 83.1 Å². The largest absolute Gasteiger partial charge is 0.131 e. The van der Waals surface area contributed by atoms with Gasteiger partial charge in [0.25, 0.3) is 0 Å². The normalized spacial score (nSPS) is 10.2. The van der Waals surface area contributed by atoms with Gasteiger partial charge in [-0.3, -0.25) is 0 Å². The van der Waals surface area contributed by atoms with Gasteiger partial charge in [-0.2, -0.15) is 0 Å². The lowest BCUT2D eigenvalue weighted by Gasteiger charge is -2.10. The summed E-state index contributed by atoms with van der Waals surface area (Å²) < 4.78 is 0. The zero-order chi connectivity index (χ0) is 10.6. The molecule has 0 fully saturated rings. The van der Waals surface area contributed by atoms with Crippen molar-refractivity contribution in [3.63, 3.8) is 0 Å². The molecule has 1 unspecified atom stereocenters. The maximum Gasteiger partial charge on any atom is 0.00829 e. The van der Waals surface area contributed by atoms with Crippen molar-refractivity contribution in [1.82, 2.24) is 0 Å². The van der Waals surface area contributed by atoms with Crippen molar-refractivity contribution in [3.05, 3.63) is 25.1 Å². The van der Waals surface area contributed by atoms with Crippen LogP contribution in [0.25, 0.3) is 0 Å². The Balaban J connectivity index is -0.000000175. The van der Waals surface area contributed by atoms with Crippen molar-refractivity contribution in [2.75, 3.05) is 0 Å². The Hall–Kier alpha value is -0.170. The van der Waals surface area contributed by atoms with E-state index in [1.807, 2.05) is 19.3 Å². The van der Waals surface area contributed by atoms with E-state index in [2.05, 4.69) is 40.5 Å².